The van der Waals surface area contributed by atoms with E-state index in [2.05, 4.69) is 11.9 Å². The molecule has 19 heavy (non-hydrogen) atoms. The van der Waals surface area contributed by atoms with E-state index >= 15 is 0 Å². The minimum atomic E-state index is -0.0908. The number of aromatic nitrogens is 1. The van der Waals surface area contributed by atoms with Crippen molar-refractivity contribution in [3.05, 3.63) is 23.4 Å². The van der Waals surface area contributed by atoms with Crippen LogP contribution in [0.4, 0.5) is 5.82 Å². The van der Waals surface area contributed by atoms with Gasteiger partial charge in [-0.3, -0.25) is 4.79 Å². The number of rotatable bonds is 3. The Hall–Kier alpha value is -1.62. The molecule has 0 radical (unpaired) electrons. The highest BCUT2D eigenvalue weighted by Crippen LogP contribution is 2.25. The lowest BCUT2D eigenvalue weighted by Crippen LogP contribution is -2.39. The fourth-order valence-corrected chi connectivity index (χ4v) is 2.62. The third kappa shape index (κ3) is 2.71. The summed E-state index contributed by atoms with van der Waals surface area (Å²) >= 11 is 0. The lowest BCUT2D eigenvalue weighted by molar-refractivity contribution is 0.0648. The number of hydrogen-bond donors (Lipinski definition) is 2. The Morgan fingerprint density at radius 3 is 2.95 bits per heavy atom. The van der Waals surface area contributed by atoms with Crippen LogP contribution in [0.15, 0.2) is 12.1 Å². The van der Waals surface area contributed by atoms with E-state index in [1.807, 2.05) is 6.92 Å². The summed E-state index contributed by atoms with van der Waals surface area (Å²) < 4.78 is 0. The Balaban J connectivity index is 2.26. The van der Waals surface area contributed by atoms with Crippen LogP contribution in [0.25, 0.3) is 0 Å². The highest BCUT2D eigenvalue weighted by atomic mass is 16.3. The minimum absolute atomic E-state index is 0.00804. The molecule has 5 nitrogen and oxygen atoms in total. The molecular formula is C14H21N3O2. The number of nitrogens with zero attached hydrogens (tertiary/aromatic N) is 2. The summed E-state index contributed by atoms with van der Waals surface area (Å²) in [5.41, 5.74) is 7.12. The molecule has 1 aromatic rings. The van der Waals surface area contributed by atoms with Gasteiger partial charge in [-0.15, -0.1) is 0 Å². The van der Waals surface area contributed by atoms with Gasteiger partial charge in [0.15, 0.2) is 0 Å². The van der Waals surface area contributed by atoms with Crippen molar-refractivity contribution in [2.24, 2.45) is 5.92 Å². The number of pyridine rings is 1. The lowest BCUT2D eigenvalue weighted by atomic mass is 10.0. The molecule has 1 saturated heterocycles. The molecule has 5 heteroatoms. The predicted octanol–water partition coefficient (Wildman–Crippen LogP) is 1.07. The number of amides is 1. The summed E-state index contributed by atoms with van der Waals surface area (Å²) in [5.74, 6) is 0.640. The Morgan fingerprint density at radius 2 is 2.32 bits per heavy atom. The molecule has 0 aliphatic carbocycles. The molecule has 1 aliphatic rings. The van der Waals surface area contributed by atoms with Gasteiger partial charge in [-0.25, -0.2) is 4.98 Å². The molecule has 2 unspecified atom stereocenters. The SMILES string of the molecule is CCc1cc(C(=O)N2CCC(C)C2CO)cc(N)n1. The third-order valence-corrected chi connectivity index (χ3v) is 3.84. The van der Waals surface area contributed by atoms with Crippen LogP contribution in [0.5, 0.6) is 0 Å². The maximum atomic E-state index is 12.5. The molecular weight excluding hydrogens is 242 g/mol. The van der Waals surface area contributed by atoms with Crippen LogP contribution in [-0.2, 0) is 6.42 Å². The zero-order chi connectivity index (χ0) is 14.0. The second-order valence-corrected chi connectivity index (χ2v) is 5.14. The van der Waals surface area contributed by atoms with Crippen molar-refractivity contribution in [1.29, 1.82) is 0 Å². The van der Waals surface area contributed by atoms with Crippen molar-refractivity contribution in [3.63, 3.8) is 0 Å². The summed E-state index contributed by atoms with van der Waals surface area (Å²) in [6, 6.07) is 3.31. The van der Waals surface area contributed by atoms with Crippen molar-refractivity contribution in [2.45, 2.75) is 32.7 Å². The summed E-state index contributed by atoms with van der Waals surface area (Å²) in [7, 11) is 0. The zero-order valence-corrected chi connectivity index (χ0v) is 11.5. The van der Waals surface area contributed by atoms with Crippen LogP contribution >= 0.6 is 0 Å². The molecule has 1 fully saturated rings. The van der Waals surface area contributed by atoms with E-state index in [4.69, 9.17) is 5.73 Å². The molecule has 0 bridgehead atoms. The van der Waals surface area contributed by atoms with Crippen LogP contribution < -0.4 is 5.73 Å². The van der Waals surface area contributed by atoms with Gasteiger partial charge in [-0.1, -0.05) is 13.8 Å². The third-order valence-electron chi connectivity index (χ3n) is 3.84. The van der Waals surface area contributed by atoms with Gasteiger partial charge < -0.3 is 15.7 Å². The summed E-state index contributed by atoms with van der Waals surface area (Å²) in [5, 5.41) is 9.43. The van der Waals surface area contributed by atoms with Gasteiger partial charge in [0.2, 0.25) is 0 Å². The topological polar surface area (TPSA) is 79.5 Å². The molecule has 0 aromatic carbocycles. The average molecular weight is 263 g/mol. The van der Waals surface area contributed by atoms with Gasteiger partial charge in [0, 0.05) is 17.8 Å². The van der Waals surface area contributed by atoms with Crippen LogP contribution in [-0.4, -0.2) is 40.1 Å². The average Bonchev–Trinajstić information content (AvgIpc) is 2.78. The van der Waals surface area contributed by atoms with Crippen molar-refractivity contribution >= 4 is 11.7 Å². The van der Waals surface area contributed by atoms with E-state index in [0.29, 0.717) is 23.8 Å². The number of aryl methyl sites for hydroxylation is 1. The van der Waals surface area contributed by atoms with E-state index < -0.39 is 0 Å². The van der Waals surface area contributed by atoms with Gasteiger partial charge in [0.1, 0.15) is 5.82 Å². The van der Waals surface area contributed by atoms with Crippen molar-refractivity contribution in [3.8, 4) is 0 Å². The zero-order valence-electron chi connectivity index (χ0n) is 11.5. The Morgan fingerprint density at radius 1 is 1.58 bits per heavy atom. The van der Waals surface area contributed by atoms with Crippen LogP contribution in [0.3, 0.4) is 0 Å². The highest BCUT2D eigenvalue weighted by molar-refractivity contribution is 5.95. The largest absolute Gasteiger partial charge is 0.394 e. The first-order chi connectivity index (χ1) is 9.06. The van der Waals surface area contributed by atoms with Crippen molar-refractivity contribution < 1.29 is 9.90 Å². The highest BCUT2D eigenvalue weighted by Gasteiger charge is 2.34. The van der Waals surface area contributed by atoms with Gasteiger partial charge in [0.05, 0.1) is 12.6 Å². The number of carbonyl (C=O) groups excluding carboxylic acids is 1. The number of carbonyl (C=O) groups is 1. The lowest BCUT2D eigenvalue weighted by Gasteiger charge is -2.25. The number of aliphatic hydroxyl groups is 1. The van der Waals surface area contributed by atoms with Crippen molar-refractivity contribution in [1.82, 2.24) is 9.88 Å². The summed E-state index contributed by atoms with van der Waals surface area (Å²) in [6.07, 6.45) is 1.67. The standard InChI is InChI=1S/C14H21N3O2/c1-3-11-6-10(7-13(15)16-11)14(19)17-5-4-9(2)12(17)8-18/h6-7,9,12,18H,3-5,8H2,1-2H3,(H2,15,16). The fourth-order valence-electron chi connectivity index (χ4n) is 2.62. The van der Waals surface area contributed by atoms with Gasteiger partial charge >= 0.3 is 0 Å². The molecule has 1 aromatic heterocycles. The van der Waals surface area contributed by atoms with E-state index in [-0.39, 0.29) is 18.6 Å². The maximum absolute atomic E-state index is 12.5. The molecule has 2 rings (SSSR count). The second-order valence-electron chi connectivity index (χ2n) is 5.14. The van der Waals surface area contributed by atoms with Gasteiger partial charge in [0.25, 0.3) is 5.91 Å². The molecule has 2 atom stereocenters. The minimum Gasteiger partial charge on any atom is -0.394 e. The van der Waals surface area contributed by atoms with E-state index in [1.165, 1.54) is 0 Å². The van der Waals surface area contributed by atoms with Gasteiger partial charge in [-0.05, 0) is 30.9 Å². The first-order valence-electron chi connectivity index (χ1n) is 6.75. The Kier molecular flexibility index (Phi) is 4.04. The summed E-state index contributed by atoms with van der Waals surface area (Å²) in [6.45, 7) is 4.74. The number of nitrogens with two attached hydrogens (primary N) is 1. The maximum Gasteiger partial charge on any atom is 0.254 e. The monoisotopic (exact) mass is 263 g/mol. The first-order valence-corrected chi connectivity index (χ1v) is 6.75. The fraction of sp³-hybridized carbons (Fsp3) is 0.571. The Bertz CT molecular complexity index is 476. The van der Waals surface area contributed by atoms with E-state index in [0.717, 1.165) is 18.5 Å². The van der Waals surface area contributed by atoms with Gasteiger partial charge in [-0.2, -0.15) is 0 Å². The molecule has 0 saturated carbocycles. The molecule has 104 valence electrons. The van der Waals surface area contributed by atoms with E-state index in [9.17, 15) is 9.90 Å². The second kappa shape index (κ2) is 5.57. The van der Waals surface area contributed by atoms with Crippen LogP contribution in [0, 0.1) is 5.92 Å². The number of likely N-dealkylation sites (tertiary alicyclic amines) is 1. The quantitative estimate of drug-likeness (QED) is 0.855. The molecule has 1 aliphatic heterocycles. The number of nitrogen functional groups attached to an aromatic ring is 1. The summed E-state index contributed by atoms with van der Waals surface area (Å²) in [4.78, 5) is 18.4. The number of hydrogen-bond acceptors (Lipinski definition) is 4. The molecule has 2 heterocycles. The van der Waals surface area contributed by atoms with Crippen LogP contribution in [0.1, 0.15) is 36.3 Å². The predicted molar refractivity (Wildman–Crippen MR) is 73.7 cm³/mol. The molecule has 0 spiro atoms. The normalized spacial score (nSPS) is 22.8. The molecule has 1 amide bonds. The number of anilines is 1. The number of aliphatic hydroxyl groups excluding tert-OH is 1. The molecule has 3 N–H and O–H groups in total. The smallest absolute Gasteiger partial charge is 0.254 e. The van der Waals surface area contributed by atoms with Crippen LogP contribution in [0.2, 0.25) is 0 Å². The Labute approximate surface area is 113 Å². The van der Waals surface area contributed by atoms with E-state index in [1.54, 1.807) is 17.0 Å². The first kappa shape index (κ1) is 13.8. The van der Waals surface area contributed by atoms with Crippen molar-refractivity contribution in [2.75, 3.05) is 18.9 Å².